The number of hydrogen-bond donors (Lipinski definition) is 2. The smallest absolute Gasteiger partial charge is 0.198 e. The van der Waals surface area contributed by atoms with Crippen LogP contribution in [0.3, 0.4) is 0 Å². The molecule has 0 amide bonds. The minimum Gasteiger partial charge on any atom is -0.394 e. The Hall–Kier alpha value is -2.84. The normalized spacial score (nSPS) is 25.9. The quantitative estimate of drug-likeness (QED) is 0.367. The summed E-state index contributed by atoms with van der Waals surface area (Å²) in [5.74, 6) is -1.75. The summed E-state index contributed by atoms with van der Waals surface area (Å²) in [6.45, 7) is 4.26. The Labute approximate surface area is 212 Å². The lowest BCUT2D eigenvalue weighted by molar-refractivity contribution is -0.368. The molecular formula is C30H34O6. The molecule has 6 nitrogen and oxygen atoms in total. The molecule has 0 saturated carbocycles. The van der Waals surface area contributed by atoms with Gasteiger partial charge in [-0.1, -0.05) is 97.1 Å². The van der Waals surface area contributed by atoms with E-state index in [9.17, 15) is 10.2 Å². The van der Waals surface area contributed by atoms with Gasteiger partial charge in [0, 0.05) is 6.42 Å². The van der Waals surface area contributed by atoms with Crippen molar-refractivity contribution >= 4 is 0 Å². The number of rotatable bonds is 12. The molecule has 5 atom stereocenters. The molecule has 0 aliphatic carbocycles. The number of aliphatic hydroxyl groups is 2. The van der Waals surface area contributed by atoms with Crippen LogP contribution in [0.5, 0.6) is 0 Å². The molecule has 0 unspecified atom stereocenters. The third kappa shape index (κ3) is 6.68. The van der Waals surface area contributed by atoms with Crippen LogP contribution in [-0.4, -0.2) is 47.0 Å². The van der Waals surface area contributed by atoms with Crippen LogP contribution in [0.1, 0.15) is 23.1 Å². The van der Waals surface area contributed by atoms with Gasteiger partial charge in [-0.3, -0.25) is 0 Å². The molecule has 4 rings (SSSR count). The van der Waals surface area contributed by atoms with Gasteiger partial charge < -0.3 is 29.2 Å². The molecule has 0 bridgehead atoms. The van der Waals surface area contributed by atoms with E-state index in [1.165, 1.54) is 0 Å². The Morgan fingerprint density at radius 1 is 0.722 bits per heavy atom. The number of ether oxygens (including phenoxy) is 4. The Kier molecular flexibility index (Phi) is 9.41. The van der Waals surface area contributed by atoms with E-state index >= 15 is 0 Å². The van der Waals surface area contributed by atoms with Crippen LogP contribution >= 0.6 is 0 Å². The van der Waals surface area contributed by atoms with Crippen molar-refractivity contribution < 1.29 is 29.2 Å². The minimum absolute atomic E-state index is 0.0968. The lowest BCUT2D eigenvalue weighted by atomic mass is 9.89. The highest BCUT2D eigenvalue weighted by Crippen LogP contribution is 2.37. The summed E-state index contributed by atoms with van der Waals surface area (Å²) >= 11 is 0. The lowest BCUT2D eigenvalue weighted by Crippen LogP contribution is -2.67. The van der Waals surface area contributed by atoms with Crippen molar-refractivity contribution in [3.8, 4) is 0 Å². The molecule has 190 valence electrons. The van der Waals surface area contributed by atoms with Crippen molar-refractivity contribution in [3.63, 3.8) is 0 Å². The van der Waals surface area contributed by atoms with Gasteiger partial charge >= 0.3 is 0 Å². The first-order chi connectivity index (χ1) is 17.6. The topological polar surface area (TPSA) is 77.4 Å². The average molecular weight is 491 g/mol. The molecule has 0 aromatic heterocycles. The number of benzene rings is 3. The van der Waals surface area contributed by atoms with Gasteiger partial charge in [0.2, 0.25) is 0 Å². The van der Waals surface area contributed by atoms with Gasteiger partial charge in [0.05, 0.1) is 26.4 Å². The molecule has 1 aliphatic rings. The largest absolute Gasteiger partial charge is 0.394 e. The summed E-state index contributed by atoms with van der Waals surface area (Å²) in [7, 11) is 0. The molecule has 0 spiro atoms. The Morgan fingerprint density at radius 3 is 1.61 bits per heavy atom. The van der Waals surface area contributed by atoms with Crippen molar-refractivity contribution in [2.75, 3.05) is 6.61 Å². The molecule has 3 aromatic carbocycles. The van der Waals surface area contributed by atoms with Crippen molar-refractivity contribution in [2.24, 2.45) is 0 Å². The summed E-state index contributed by atoms with van der Waals surface area (Å²) in [4.78, 5) is 0. The highest BCUT2D eigenvalue weighted by Gasteiger charge is 2.55. The van der Waals surface area contributed by atoms with E-state index in [0.717, 1.165) is 16.7 Å². The van der Waals surface area contributed by atoms with Gasteiger partial charge in [0.15, 0.2) is 5.79 Å². The summed E-state index contributed by atoms with van der Waals surface area (Å²) in [6, 6.07) is 29.2. The van der Waals surface area contributed by atoms with Crippen LogP contribution in [0, 0.1) is 0 Å². The summed E-state index contributed by atoms with van der Waals surface area (Å²) in [5, 5.41) is 21.8. The zero-order valence-corrected chi connectivity index (χ0v) is 20.3. The number of hydrogen-bond acceptors (Lipinski definition) is 6. The zero-order chi connectivity index (χ0) is 25.2. The summed E-state index contributed by atoms with van der Waals surface area (Å²) in [6.07, 6.45) is -1.47. The van der Waals surface area contributed by atoms with E-state index in [2.05, 4.69) is 6.58 Å². The van der Waals surface area contributed by atoms with E-state index < -0.39 is 30.2 Å². The number of aliphatic hydroxyl groups excluding tert-OH is 1. The predicted octanol–water partition coefficient (Wildman–Crippen LogP) is 4.40. The van der Waals surface area contributed by atoms with Gasteiger partial charge in [0.1, 0.15) is 24.4 Å². The van der Waals surface area contributed by atoms with Crippen LogP contribution in [-0.2, 0) is 38.8 Å². The van der Waals surface area contributed by atoms with E-state index in [4.69, 9.17) is 18.9 Å². The molecule has 1 fully saturated rings. The Morgan fingerprint density at radius 2 is 1.17 bits per heavy atom. The molecular weight excluding hydrogens is 456 g/mol. The third-order valence-electron chi connectivity index (χ3n) is 6.25. The molecule has 1 aliphatic heterocycles. The van der Waals surface area contributed by atoms with Gasteiger partial charge in [-0.25, -0.2) is 0 Å². The van der Waals surface area contributed by atoms with Crippen LogP contribution in [0.2, 0.25) is 0 Å². The van der Waals surface area contributed by atoms with Crippen LogP contribution in [0.25, 0.3) is 0 Å². The standard InChI is InChI=1S/C30H34O6/c1-2-18-30(32)29(35-22-25-16-10-5-11-17-25)28(34-21-24-14-8-4-9-15-24)27(26(19-31)36-30)33-20-23-12-6-3-7-13-23/h2-17,26-29,31-32H,1,18-22H2/t26-,27-,28+,29-,30+/m1/s1. The Bertz CT molecular complexity index is 1040. The maximum absolute atomic E-state index is 11.6. The zero-order valence-electron chi connectivity index (χ0n) is 20.3. The fourth-order valence-electron chi connectivity index (χ4n) is 4.45. The average Bonchev–Trinajstić information content (AvgIpc) is 2.92. The predicted molar refractivity (Wildman–Crippen MR) is 137 cm³/mol. The van der Waals surface area contributed by atoms with E-state index in [1.807, 2.05) is 91.0 Å². The van der Waals surface area contributed by atoms with Gasteiger partial charge in [-0.15, -0.1) is 6.58 Å². The maximum Gasteiger partial charge on any atom is 0.198 e. The summed E-state index contributed by atoms with van der Waals surface area (Å²) in [5.41, 5.74) is 2.90. The monoisotopic (exact) mass is 490 g/mol. The molecule has 0 radical (unpaired) electrons. The van der Waals surface area contributed by atoms with Crippen LogP contribution in [0.15, 0.2) is 104 Å². The highest BCUT2D eigenvalue weighted by atomic mass is 16.7. The molecule has 2 N–H and O–H groups in total. The van der Waals surface area contributed by atoms with E-state index in [-0.39, 0.29) is 26.2 Å². The first-order valence-corrected chi connectivity index (χ1v) is 12.2. The summed E-state index contributed by atoms with van der Waals surface area (Å²) < 4.78 is 25.1. The molecule has 1 saturated heterocycles. The first kappa shape index (κ1) is 26.2. The first-order valence-electron chi connectivity index (χ1n) is 12.2. The van der Waals surface area contributed by atoms with Gasteiger partial charge in [-0.05, 0) is 16.7 Å². The van der Waals surface area contributed by atoms with Crippen molar-refractivity contribution in [3.05, 3.63) is 120 Å². The van der Waals surface area contributed by atoms with Gasteiger partial charge in [0.25, 0.3) is 0 Å². The fraction of sp³-hybridized carbons (Fsp3) is 0.333. The SMILES string of the molecule is C=CC[C@]1(O)O[C@H](CO)[C@@H](OCc2ccccc2)[C@H](OCc2ccccc2)[C@H]1OCc1ccccc1. The second-order valence-corrected chi connectivity index (χ2v) is 8.92. The van der Waals surface area contributed by atoms with E-state index in [1.54, 1.807) is 6.08 Å². The lowest BCUT2D eigenvalue weighted by Gasteiger charge is -2.50. The van der Waals surface area contributed by atoms with Crippen molar-refractivity contribution in [1.29, 1.82) is 0 Å². The molecule has 6 heteroatoms. The van der Waals surface area contributed by atoms with Crippen LogP contribution in [0.4, 0.5) is 0 Å². The molecule has 36 heavy (non-hydrogen) atoms. The second kappa shape index (κ2) is 12.9. The second-order valence-electron chi connectivity index (χ2n) is 8.92. The fourth-order valence-corrected chi connectivity index (χ4v) is 4.45. The maximum atomic E-state index is 11.6. The molecule has 1 heterocycles. The van der Waals surface area contributed by atoms with Gasteiger partial charge in [-0.2, -0.15) is 0 Å². The minimum atomic E-state index is -1.75. The van der Waals surface area contributed by atoms with Crippen molar-refractivity contribution in [1.82, 2.24) is 0 Å². The molecule has 3 aromatic rings. The van der Waals surface area contributed by atoms with Crippen molar-refractivity contribution in [2.45, 2.75) is 56.4 Å². The Balaban J connectivity index is 1.63. The third-order valence-corrected chi connectivity index (χ3v) is 6.25. The highest BCUT2D eigenvalue weighted by molar-refractivity contribution is 5.16. The van der Waals surface area contributed by atoms with Crippen LogP contribution < -0.4 is 0 Å². The van der Waals surface area contributed by atoms with E-state index in [0.29, 0.717) is 6.61 Å².